The van der Waals surface area contributed by atoms with E-state index in [2.05, 4.69) is 71.7 Å². The molecule has 6 heteroatoms. The summed E-state index contributed by atoms with van der Waals surface area (Å²) in [5, 5.41) is 9.18. The highest BCUT2D eigenvalue weighted by Crippen LogP contribution is 2.25. The molecule has 0 spiro atoms. The fraction of sp³-hybridized carbons (Fsp3) is 0.385. The molecule has 2 aromatic rings. The molecule has 19 heavy (non-hydrogen) atoms. The molecule has 0 aliphatic rings. The van der Waals surface area contributed by atoms with Crippen LogP contribution in [0.25, 0.3) is 11.4 Å². The molecule has 0 aliphatic heterocycles. The minimum atomic E-state index is 0.637. The van der Waals surface area contributed by atoms with Gasteiger partial charge in [-0.2, -0.15) is 0 Å². The highest BCUT2D eigenvalue weighted by Gasteiger charge is 2.13. The summed E-state index contributed by atoms with van der Waals surface area (Å²) >= 11 is 6.99. The Balaban J connectivity index is 2.42. The van der Waals surface area contributed by atoms with Gasteiger partial charge in [-0.05, 0) is 18.6 Å². The first kappa shape index (κ1) is 14.7. The molecule has 0 amide bonds. The average Bonchev–Trinajstić information content (AvgIpc) is 2.82. The number of ether oxygens (including phenoxy) is 1. The number of rotatable bonds is 5. The molecule has 0 N–H and O–H groups in total. The second-order valence-corrected chi connectivity index (χ2v) is 5.60. The Hall–Kier alpha value is -0.720. The van der Waals surface area contributed by atoms with E-state index in [0.717, 1.165) is 28.2 Å². The summed E-state index contributed by atoms with van der Waals surface area (Å²) in [5.74, 6) is 1.77. The van der Waals surface area contributed by atoms with Gasteiger partial charge in [-0.1, -0.05) is 44.0 Å². The summed E-state index contributed by atoms with van der Waals surface area (Å²) in [6, 6.07) is 6.20. The normalized spacial score (nSPS) is 10.9. The van der Waals surface area contributed by atoms with Gasteiger partial charge in [-0.3, -0.25) is 0 Å². The van der Waals surface area contributed by atoms with Crippen molar-refractivity contribution in [2.24, 2.45) is 0 Å². The van der Waals surface area contributed by atoms with Crippen molar-refractivity contribution >= 4 is 31.9 Å². The first-order valence-corrected chi connectivity index (χ1v) is 7.82. The Morgan fingerprint density at radius 1 is 1.32 bits per heavy atom. The van der Waals surface area contributed by atoms with Gasteiger partial charge in [0.2, 0.25) is 0 Å². The van der Waals surface area contributed by atoms with Crippen LogP contribution < -0.4 is 0 Å². The van der Waals surface area contributed by atoms with Gasteiger partial charge < -0.3 is 9.30 Å². The Morgan fingerprint density at radius 2 is 2.11 bits per heavy atom. The van der Waals surface area contributed by atoms with E-state index in [4.69, 9.17) is 4.74 Å². The summed E-state index contributed by atoms with van der Waals surface area (Å²) in [6.45, 7) is 3.44. The van der Waals surface area contributed by atoms with E-state index in [1.165, 1.54) is 5.56 Å². The molecular weight excluding hydrogens is 374 g/mol. The van der Waals surface area contributed by atoms with E-state index in [0.29, 0.717) is 11.9 Å². The van der Waals surface area contributed by atoms with Gasteiger partial charge in [-0.15, -0.1) is 10.2 Å². The van der Waals surface area contributed by atoms with Crippen LogP contribution in [-0.2, 0) is 16.6 Å². The lowest BCUT2D eigenvalue weighted by Crippen LogP contribution is -2.09. The number of benzene rings is 1. The smallest absolute Gasteiger partial charge is 0.164 e. The standard InChI is InChI=1S/C13H15Br2N3O/c1-9-3-4-10(7-11(9)15)13-17-16-12(8-14)18(13)5-6-19-2/h3-4,7H,5-6,8H2,1-2H3. The number of hydrogen-bond donors (Lipinski definition) is 0. The van der Waals surface area contributed by atoms with E-state index in [1.807, 2.05) is 0 Å². The fourth-order valence-corrected chi connectivity index (χ4v) is 2.59. The third-order valence-corrected chi connectivity index (χ3v) is 4.25. The summed E-state index contributed by atoms with van der Waals surface area (Å²) in [7, 11) is 1.69. The lowest BCUT2D eigenvalue weighted by atomic mass is 10.1. The molecule has 102 valence electrons. The van der Waals surface area contributed by atoms with Gasteiger partial charge in [0.05, 0.1) is 11.9 Å². The van der Waals surface area contributed by atoms with Crippen molar-refractivity contribution in [2.45, 2.75) is 18.8 Å². The maximum absolute atomic E-state index is 5.15. The third-order valence-electron chi connectivity index (χ3n) is 2.90. The quantitative estimate of drug-likeness (QED) is 0.735. The summed E-state index contributed by atoms with van der Waals surface area (Å²) in [6.07, 6.45) is 0. The van der Waals surface area contributed by atoms with Crippen LogP contribution in [0, 0.1) is 6.92 Å². The Kier molecular flexibility index (Phi) is 5.13. The molecule has 0 saturated heterocycles. The lowest BCUT2D eigenvalue weighted by Gasteiger charge is -2.09. The van der Waals surface area contributed by atoms with E-state index >= 15 is 0 Å². The number of methoxy groups -OCH3 is 1. The van der Waals surface area contributed by atoms with Crippen molar-refractivity contribution in [1.82, 2.24) is 14.8 Å². The lowest BCUT2D eigenvalue weighted by molar-refractivity contribution is 0.187. The van der Waals surface area contributed by atoms with E-state index in [1.54, 1.807) is 7.11 Å². The number of alkyl halides is 1. The highest BCUT2D eigenvalue weighted by atomic mass is 79.9. The van der Waals surface area contributed by atoms with Gasteiger partial charge in [0.25, 0.3) is 0 Å². The van der Waals surface area contributed by atoms with Gasteiger partial charge in [0.15, 0.2) is 5.82 Å². The minimum absolute atomic E-state index is 0.637. The van der Waals surface area contributed by atoms with Crippen LogP contribution in [0.1, 0.15) is 11.4 Å². The van der Waals surface area contributed by atoms with Crippen LogP contribution in [0.15, 0.2) is 22.7 Å². The maximum atomic E-state index is 5.15. The van der Waals surface area contributed by atoms with Crippen LogP contribution in [-0.4, -0.2) is 28.5 Å². The van der Waals surface area contributed by atoms with Crippen molar-refractivity contribution < 1.29 is 4.74 Å². The predicted octanol–water partition coefficient (Wildman–Crippen LogP) is 3.56. The molecule has 1 aromatic heterocycles. The average molecular weight is 389 g/mol. The summed E-state index contributed by atoms with van der Waals surface area (Å²) in [4.78, 5) is 0. The minimum Gasteiger partial charge on any atom is -0.383 e. The Labute approximate surface area is 129 Å². The first-order chi connectivity index (χ1) is 9.17. The zero-order valence-corrected chi connectivity index (χ0v) is 14.0. The molecule has 1 aromatic carbocycles. The SMILES string of the molecule is COCCn1c(CBr)nnc1-c1ccc(C)c(Br)c1. The predicted molar refractivity (Wildman–Crippen MR) is 82.4 cm³/mol. The van der Waals surface area contributed by atoms with Crippen LogP contribution in [0.2, 0.25) is 0 Å². The second kappa shape index (κ2) is 6.63. The van der Waals surface area contributed by atoms with E-state index in [9.17, 15) is 0 Å². The largest absolute Gasteiger partial charge is 0.383 e. The summed E-state index contributed by atoms with van der Waals surface area (Å²) < 4.78 is 8.30. The molecular formula is C13H15Br2N3O. The van der Waals surface area contributed by atoms with Crippen molar-refractivity contribution in [3.63, 3.8) is 0 Å². The molecule has 0 fully saturated rings. The monoisotopic (exact) mass is 387 g/mol. The molecule has 0 atom stereocenters. The number of halogens is 2. The third kappa shape index (κ3) is 3.24. The fourth-order valence-electron chi connectivity index (χ4n) is 1.80. The number of aromatic nitrogens is 3. The maximum Gasteiger partial charge on any atom is 0.164 e. The topological polar surface area (TPSA) is 39.9 Å². The van der Waals surface area contributed by atoms with Gasteiger partial charge in [0, 0.05) is 23.7 Å². The van der Waals surface area contributed by atoms with Crippen molar-refractivity contribution in [3.05, 3.63) is 34.1 Å². The molecule has 0 radical (unpaired) electrons. The molecule has 0 unspecified atom stereocenters. The number of hydrogen-bond acceptors (Lipinski definition) is 3. The molecule has 4 nitrogen and oxygen atoms in total. The molecule has 0 saturated carbocycles. The molecule has 0 aliphatic carbocycles. The van der Waals surface area contributed by atoms with E-state index < -0.39 is 0 Å². The Morgan fingerprint density at radius 3 is 2.74 bits per heavy atom. The van der Waals surface area contributed by atoms with E-state index in [-0.39, 0.29) is 0 Å². The zero-order valence-electron chi connectivity index (χ0n) is 10.9. The highest BCUT2D eigenvalue weighted by molar-refractivity contribution is 9.10. The van der Waals surface area contributed by atoms with Crippen LogP contribution >= 0.6 is 31.9 Å². The van der Waals surface area contributed by atoms with Crippen molar-refractivity contribution in [1.29, 1.82) is 0 Å². The Bertz CT molecular complexity index is 569. The van der Waals surface area contributed by atoms with Crippen LogP contribution in [0.5, 0.6) is 0 Å². The molecule has 1 heterocycles. The second-order valence-electron chi connectivity index (χ2n) is 4.18. The van der Waals surface area contributed by atoms with Gasteiger partial charge in [-0.25, -0.2) is 0 Å². The van der Waals surface area contributed by atoms with Crippen molar-refractivity contribution in [2.75, 3.05) is 13.7 Å². The number of aryl methyl sites for hydroxylation is 1. The van der Waals surface area contributed by atoms with Crippen molar-refractivity contribution in [3.8, 4) is 11.4 Å². The zero-order chi connectivity index (χ0) is 13.8. The first-order valence-electron chi connectivity index (χ1n) is 5.91. The summed E-state index contributed by atoms with van der Waals surface area (Å²) in [5.41, 5.74) is 2.25. The van der Waals surface area contributed by atoms with Gasteiger partial charge >= 0.3 is 0 Å². The van der Waals surface area contributed by atoms with Crippen LogP contribution in [0.3, 0.4) is 0 Å². The van der Waals surface area contributed by atoms with Gasteiger partial charge in [0.1, 0.15) is 5.82 Å². The molecule has 2 rings (SSSR count). The number of nitrogens with zero attached hydrogens (tertiary/aromatic N) is 3. The van der Waals surface area contributed by atoms with Crippen LogP contribution in [0.4, 0.5) is 0 Å². The molecule has 0 bridgehead atoms.